The maximum atomic E-state index is 13.6. The molecule has 0 spiro atoms. The van der Waals surface area contributed by atoms with Crippen LogP contribution in [0.25, 0.3) is 5.65 Å². The lowest BCUT2D eigenvalue weighted by molar-refractivity contribution is 0.102. The van der Waals surface area contributed by atoms with Gasteiger partial charge >= 0.3 is 0 Å². The summed E-state index contributed by atoms with van der Waals surface area (Å²) in [5.41, 5.74) is 1.16. The van der Waals surface area contributed by atoms with E-state index in [1.807, 2.05) is 19.9 Å². The zero-order chi connectivity index (χ0) is 21.4. The van der Waals surface area contributed by atoms with E-state index in [2.05, 4.69) is 27.4 Å². The van der Waals surface area contributed by atoms with Crippen LogP contribution in [0.15, 0.2) is 24.7 Å². The number of carbonyl (C=O) groups is 1. The Morgan fingerprint density at radius 1 is 1.23 bits per heavy atom. The van der Waals surface area contributed by atoms with Crippen molar-refractivity contribution < 1.29 is 13.6 Å². The molecule has 0 radical (unpaired) electrons. The number of hydrogen-bond acceptors (Lipinski definition) is 4. The third-order valence-electron chi connectivity index (χ3n) is 5.84. The number of halogens is 2. The number of aromatic nitrogens is 5. The molecular weight excluding hydrogens is 390 g/mol. The van der Waals surface area contributed by atoms with Crippen LogP contribution in [0.3, 0.4) is 0 Å². The van der Waals surface area contributed by atoms with Gasteiger partial charge in [-0.1, -0.05) is 20.8 Å². The summed E-state index contributed by atoms with van der Waals surface area (Å²) in [5, 5.41) is 11.0. The highest BCUT2D eigenvalue weighted by molar-refractivity contribution is 6.08. The van der Waals surface area contributed by atoms with Crippen molar-refractivity contribution in [2.45, 2.75) is 64.8 Å². The Bertz CT molecular complexity index is 1050. The molecule has 1 fully saturated rings. The molecule has 0 aromatic carbocycles. The van der Waals surface area contributed by atoms with Crippen molar-refractivity contribution in [1.82, 2.24) is 24.4 Å². The normalized spacial score (nSPS) is 19.7. The molecule has 1 saturated carbocycles. The van der Waals surface area contributed by atoms with Crippen molar-refractivity contribution in [1.29, 1.82) is 0 Å². The molecule has 1 aliphatic rings. The lowest BCUT2D eigenvalue weighted by Gasteiger charge is -2.26. The predicted molar refractivity (Wildman–Crippen MR) is 109 cm³/mol. The summed E-state index contributed by atoms with van der Waals surface area (Å²) in [6.07, 6.45) is 5.67. The van der Waals surface area contributed by atoms with Crippen LogP contribution >= 0.6 is 0 Å². The molecular formula is C21H26F2N6O. The smallest absolute Gasteiger partial charge is 0.284 e. The van der Waals surface area contributed by atoms with E-state index in [0.29, 0.717) is 11.6 Å². The zero-order valence-electron chi connectivity index (χ0n) is 17.3. The Hall–Kier alpha value is -2.84. The lowest BCUT2D eigenvalue weighted by Crippen LogP contribution is -2.17. The summed E-state index contributed by atoms with van der Waals surface area (Å²) in [5.74, 6) is 0.301. The van der Waals surface area contributed by atoms with Gasteiger partial charge in [0.1, 0.15) is 5.56 Å². The van der Waals surface area contributed by atoms with Crippen molar-refractivity contribution in [2.24, 2.45) is 5.92 Å². The fraction of sp³-hybridized carbons (Fsp3) is 0.524. The molecule has 4 rings (SSSR count). The van der Waals surface area contributed by atoms with Gasteiger partial charge in [-0.25, -0.2) is 18.3 Å². The van der Waals surface area contributed by atoms with Gasteiger partial charge in [0.2, 0.25) is 0 Å². The zero-order valence-corrected chi connectivity index (χ0v) is 17.3. The minimum atomic E-state index is -2.78. The van der Waals surface area contributed by atoms with Gasteiger partial charge in [-0.15, -0.1) is 0 Å². The highest BCUT2D eigenvalue weighted by atomic mass is 19.3. The number of rotatable bonds is 5. The maximum Gasteiger partial charge on any atom is 0.284 e. The van der Waals surface area contributed by atoms with E-state index < -0.39 is 18.0 Å². The third kappa shape index (κ3) is 3.80. The summed E-state index contributed by atoms with van der Waals surface area (Å²) in [7, 11) is 0. The second-order valence-electron chi connectivity index (χ2n) is 8.39. The summed E-state index contributed by atoms with van der Waals surface area (Å²) < 4.78 is 30.4. The molecule has 1 N–H and O–H groups in total. The maximum absolute atomic E-state index is 13.6. The molecule has 160 valence electrons. The largest absolute Gasteiger partial charge is 0.319 e. The first-order valence-corrected chi connectivity index (χ1v) is 10.4. The SMILES string of the molecule is CC(C)c1ccnc2c(C(=O)Nc3cn([C@H]4CC[C@H](C)CC4)nc3C(F)F)cnn12. The molecule has 1 aliphatic carbocycles. The number of fused-ring (bicyclic) bond motifs is 1. The van der Waals surface area contributed by atoms with Crippen molar-refractivity contribution >= 4 is 17.2 Å². The second kappa shape index (κ2) is 8.12. The predicted octanol–water partition coefficient (Wildman–Crippen LogP) is 4.99. The lowest BCUT2D eigenvalue weighted by atomic mass is 9.87. The molecule has 1 amide bonds. The molecule has 30 heavy (non-hydrogen) atoms. The molecule has 3 aromatic heterocycles. The first-order chi connectivity index (χ1) is 14.3. The van der Waals surface area contributed by atoms with Gasteiger partial charge in [0.25, 0.3) is 12.3 Å². The Morgan fingerprint density at radius 2 is 1.97 bits per heavy atom. The number of alkyl halides is 2. The molecule has 0 bridgehead atoms. The van der Waals surface area contributed by atoms with Crippen molar-refractivity contribution in [3.63, 3.8) is 0 Å². The van der Waals surface area contributed by atoms with Gasteiger partial charge in [0.15, 0.2) is 11.3 Å². The fourth-order valence-corrected chi connectivity index (χ4v) is 4.05. The summed E-state index contributed by atoms with van der Waals surface area (Å²) in [4.78, 5) is 17.1. The number of hydrogen-bond donors (Lipinski definition) is 1. The first kappa shape index (κ1) is 20.4. The minimum absolute atomic E-state index is 0.0352. The molecule has 3 aromatic rings. The number of amides is 1. The van der Waals surface area contributed by atoms with Crippen LogP contribution in [0.1, 0.15) is 86.6 Å². The Morgan fingerprint density at radius 3 is 2.63 bits per heavy atom. The Labute approximate surface area is 173 Å². The first-order valence-electron chi connectivity index (χ1n) is 10.4. The monoisotopic (exact) mass is 416 g/mol. The van der Waals surface area contributed by atoms with Crippen molar-refractivity contribution in [3.8, 4) is 0 Å². The average Bonchev–Trinajstić information content (AvgIpc) is 3.32. The van der Waals surface area contributed by atoms with Gasteiger partial charge in [0.05, 0.1) is 17.9 Å². The van der Waals surface area contributed by atoms with E-state index in [0.717, 1.165) is 31.4 Å². The van der Waals surface area contributed by atoms with E-state index in [4.69, 9.17) is 0 Å². The number of nitrogens with one attached hydrogen (secondary N) is 1. The summed E-state index contributed by atoms with van der Waals surface area (Å²) >= 11 is 0. The number of nitrogens with zero attached hydrogens (tertiary/aromatic N) is 5. The topological polar surface area (TPSA) is 77.1 Å². The van der Waals surface area contributed by atoms with Crippen LogP contribution in [-0.4, -0.2) is 30.3 Å². The molecule has 0 aliphatic heterocycles. The van der Waals surface area contributed by atoms with Crippen molar-refractivity contribution in [2.75, 3.05) is 5.32 Å². The molecule has 0 atom stereocenters. The van der Waals surface area contributed by atoms with E-state index in [1.165, 1.54) is 12.4 Å². The van der Waals surface area contributed by atoms with Crippen LogP contribution in [0, 0.1) is 5.92 Å². The van der Waals surface area contributed by atoms with Crippen LogP contribution in [0.5, 0.6) is 0 Å². The molecule has 0 saturated heterocycles. The van der Waals surface area contributed by atoms with E-state index in [9.17, 15) is 13.6 Å². The quantitative estimate of drug-likeness (QED) is 0.636. The second-order valence-corrected chi connectivity index (χ2v) is 8.39. The summed E-state index contributed by atoms with van der Waals surface area (Å²) in [6, 6.07) is 1.92. The van der Waals surface area contributed by atoms with Gasteiger partial charge in [-0.2, -0.15) is 10.2 Å². The fourth-order valence-electron chi connectivity index (χ4n) is 4.05. The van der Waals surface area contributed by atoms with Crippen LogP contribution < -0.4 is 5.32 Å². The summed E-state index contributed by atoms with van der Waals surface area (Å²) in [6.45, 7) is 6.24. The van der Waals surface area contributed by atoms with E-state index in [-0.39, 0.29) is 23.2 Å². The standard InChI is InChI=1S/C21H26F2N6O/c1-12(2)17-8-9-24-20-15(10-25-29(17)20)21(30)26-16-11-28(27-18(16)19(22)23)14-6-4-13(3)5-7-14/h8-14,19H,4-7H2,1-3H3,(H,26,30)/t13-,14-. The Kier molecular flexibility index (Phi) is 5.53. The number of anilines is 1. The van der Waals surface area contributed by atoms with Gasteiger partial charge < -0.3 is 5.32 Å². The molecule has 0 unspecified atom stereocenters. The molecule has 3 heterocycles. The highest BCUT2D eigenvalue weighted by Crippen LogP contribution is 2.34. The van der Waals surface area contributed by atoms with E-state index >= 15 is 0 Å². The van der Waals surface area contributed by atoms with Crippen LogP contribution in [-0.2, 0) is 0 Å². The molecule has 9 heteroatoms. The van der Waals surface area contributed by atoms with Crippen LogP contribution in [0.2, 0.25) is 0 Å². The Balaban J connectivity index is 1.62. The van der Waals surface area contributed by atoms with Gasteiger partial charge in [-0.3, -0.25) is 9.48 Å². The average molecular weight is 416 g/mol. The van der Waals surface area contributed by atoms with Crippen molar-refractivity contribution in [3.05, 3.63) is 41.6 Å². The minimum Gasteiger partial charge on any atom is -0.319 e. The highest BCUT2D eigenvalue weighted by Gasteiger charge is 2.26. The van der Waals surface area contributed by atoms with Crippen LogP contribution in [0.4, 0.5) is 14.5 Å². The molecule has 7 nitrogen and oxygen atoms in total. The van der Waals surface area contributed by atoms with Gasteiger partial charge in [-0.05, 0) is 43.6 Å². The third-order valence-corrected chi connectivity index (χ3v) is 5.84. The van der Waals surface area contributed by atoms with E-state index in [1.54, 1.807) is 15.4 Å². The number of carbonyl (C=O) groups excluding carboxylic acids is 1. The van der Waals surface area contributed by atoms with Gasteiger partial charge in [0, 0.05) is 18.1 Å².